The summed E-state index contributed by atoms with van der Waals surface area (Å²) in [5, 5.41) is 3.37. The molecule has 4 nitrogen and oxygen atoms in total. The maximum absolute atomic E-state index is 5.95. The summed E-state index contributed by atoms with van der Waals surface area (Å²) in [5.74, 6) is 0.674. The molecule has 3 N–H and O–H groups in total. The molecule has 0 radical (unpaired) electrons. The lowest BCUT2D eigenvalue weighted by atomic mass is 10.0. The highest BCUT2D eigenvalue weighted by molar-refractivity contribution is 5.85. The summed E-state index contributed by atoms with van der Waals surface area (Å²) in [5.41, 5.74) is 7.12. The Balaban J connectivity index is 0.00000144. The van der Waals surface area contributed by atoms with Crippen LogP contribution in [0.25, 0.3) is 0 Å². The molecule has 1 aromatic rings. The molecular formula is C12H22Cl2N4. The van der Waals surface area contributed by atoms with Gasteiger partial charge in [0, 0.05) is 44.0 Å². The Labute approximate surface area is 121 Å². The number of halogens is 2. The van der Waals surface area contributed by atoms with Gasteiger partial charge in [-0.2, -0.15) is 0 Å². The molecule has 0 unspecified atom stereocenters. The Morgan fingerprint density at radius 2 is 2.06 bits per heavy atom. The summed E-state index contributed by atoms with van der Waals surface area (Å²) in [4.78, 5) is 6.67. The van der Waals surface area contributed by atoms with E-state index in [2.05, 4.69) is 28.2 Å². The van der Waals surface area contributed by atoms with Gasteiger partial charge in [-0.3, -0.25) is 4.90 Å². The Morgan fingerprint density at radius 1 is 1.39 bits per heavy atom. The Kier molecular flexibility index (Phi) is 8.27. The van der Waals surface area contributed by atoms with Crippen LogP contribution in [0.2, 0.25) is 0 Å². The van der Waals surface area contributed by atoms with Crippen molar-refractivity contribution < 1.29 is 0 Å². The van der Waals surface area contributed by atoms with Crippen LogP contribution < -0.4 is 11.1 Å². The number of hydrogen-bond acceptors (Lipinski definition) is 4. The Morgan fingerprint density at radius 3 is 2.61 bits per heavy atom. The number of hydrogen-bond donors (Lipinski definition) is 2. The third-order valence-corrected chi connectivity index (χ3v) is 3.21. The first-order valence-corrected chi connectivity index (χ1v) is 5.98. The molecule has 1 atom stereocenters. The summed E-state index contributed by atoms with van der Waals surface area (Å²) >= 11 is 0. The summed E-state index contributed by atoms with van der Waals surface area (Å²) < 4.78 is 0. The van der Waals surface area contributed by atoms with E-state index in [9.17, 15) is 0 Å². The van der Waals surface area contributed by atoms with Crippen LogP contribution in [0.4, 0.5) is 5.82 Å². The fraction of sp³-hybridized carbons (Fsp3) is 0.583. The van der Waals surface area contributed by atoms with E-state index in [-0.39, 0.29) is 24.8 Å². The number of anilines is 1. The fourth-order valence-electron chi connectivity index (χ4n) is 2.38. The van der Waals surface area contributed by atoms with Crippen molar-refractivity contribution in [2.75, 3.05) is 31.9 Å². The zero-order chi connectivity index (χ0) is 11.4. The van der Waals surface area contributed by atoms with Crippen LogP contribution in [0.1, 0.15) is 24.9 Å². The molecule has 1 aromatic heterocycles. The van der Waals surface area contributed by atoms with Gasteiger partial charge in [0.15, 0.2) is 0 Å². The first-order chi connectivity index (χ1) is 7.83. The van der Waals surface area contributed by atoms with Crippen LogP contribution in [-0.2, 0) is 0 Å². The van der Waals surface area contributed by atoms with Gasteiger partial charge < -0.3 is 11.1 Å². The van der Waals surface area contributed by atoms with Crippen molar-refractivity contribution in [3.05, 3.63) is 23.9 Å². The number of aromatic nitrogens is 1. The van der Waals surface area contributed by atoms with Gasteiger partial charge in [0.05, 0.1) is 0 Å². The zero-order valence-electron chi connectivity index (χ0n) is 10.6. The molecule has 0 aliphatic carbocycles. The molecule has 2 rings (SSSR count). The number of nitrogens with one attached hydrogen (secondary N) is 1. The van der Waals surface area contributed by atoms with Gasteiger partial charge in [-0.05, 0) is 12.5 Å². The number of piperazine rings is 1. The molecule has 0 aromatic carbocycles. The molecule has 2 heterocycles. The van der Waals surface area contributed by atoms with Gasteiger partial charge in [0.2, 0.25) is 0 Å². The van der Waals surface area contributed by atoms with Crippen LogP contribution in [0, 0.1) is 0 Å². The standard InChI is InChI=1S/C12H20N4.2ClH/c1-2-11(16-8-6-14-7-9-16)10-4-3-5-15-12(10)13;;/h3-5,11,14H,2,6-9H2,1H3,(H2,13,15);2*1H/t11-;;/m0../s1. The second kappa shape index (κ2) is 8.53. The van der Waals surface area contributed by atoms with Crippen molar-refractivity contribution in [1.29, 1.82) is 0 Å². The van der Waals surface area contributed by atoms with E-state index in [0.717, 1.165) is 32.6 Å². The lowest BCUT2D eigenvalue weighted by Crippen LogP contribution is -2.45. The van der Waals surface area contributed by atoms with Gasteiger partial charge in [-0.15, -0.1) is 24.8 Å². The van der Waals surface area contributed by atoms with E-state index < -0.39 is 0 Å². The lowest BCUT2D eigenvalue weighted by molar-refractivity contribution is 0.169. The van der Waals surface area contributed by atoms with Gasteiger partial charge in [-0.1, -0.05) is 13.0 Å². The first kappa shape index (κ1) is 17.4. The van der Waals surface area contributed by atoms with Crippen LogP contribution in [0.3, 0.4) is 0 Å². The number of rotatable bonds is 3. The molecule has 0 spiro atoms. The average Bonchev–Trinajstić information content (AvgIpc) is 2.34. The predicted octanol–water partition coefficient (Wildman–Crippen LogP) is 1.86. The van der Waals surface area contributed by atoms with Crippen molar-refractivity contribution >= 4 is 30.6 Å². The summed E-state index contributed by atoms with van der Waals surface area (Å²) in [6, 6.07) is 4.48. The molecular weight excluding hydrogens is 271 g/mol. The van der Waals surface area contributed by atoms with Gasteiger partial charge in [-0.25, -0.2) is 4.98 Å². The van der Waals surface area contributed by atoms with Crippen molar-refractivity contribution in [2.45, 2.75) is 19.4 Å². The average molecular weight is 293 g/mol. The molecule has 1 saturated heterocycles. The van der Waals surface area contributed by atoms with Crippen LogP contribution in [0.5, 0.6) is 0 Å². The minimum Gasteiger partial charge on any atom is -0.383 e. The highest BCUT2D eigenvalue weighted by Crippen LogP contribution is 2.27. The van der Waals surface area contributed by atoms with E-state index in [0.29, 0.717) is 11.9 Å². The third kappa shape index (κ3) is 3.99. The van der Waals surface area contributed by atoms with E-state index >= 15 is 0 Å². The largest absolute Gasteiger partial charge is 0.383 e. The first-order valence-electron chi connectivity index (χ1n) is 5.98. The monoisotopic (exact) mass is 292 g/mol. The minimum absolute atomic E-state index is 0. The predicted molar refractivity (Wildman–Crippen MR) is 80.6 cm³/mol. The van der Waals surface area contributed by atoms with Gasteiger partial charge in [0.25, 0.3) is 0 Å². The normalized spacial score (nSPS) is 17.4. The molecule has 1 aliphatic heterocycles. The summed E-state index contributed by atoms with van der Waals surface area (Å²) in [6.45, 7) is 6.52. The van der Waals surface area contributed by atoms with Crippen molar-refractivity contribution in [3.8, 4) is 0 Å². The SMILES string of the molecule is CC[C@@H](c1cccnc1N)N1CCNCC1.Cl.Cl. The van der Waals surface area contributed by atoms with Crippen molar-refractivity contribution in [2.24, 2.45) is 0 Å². The molecule has 0 bridgehead atoms. The highest BCUT2D eigenvalue weighted by Gasteiger charge is 2.22. The quantitative estimate of drug-likeness (QED) is 0.893. The van der Waals surface area contributed by atoms with Crippen molar-refractivity contribution in [1.82, 2.24) is 15.2 Å². The van der Waals surface area contributed by atoms with E-state index in [1.54, 1.807) is 6.20 Å². The highest BCUT2D eigenvalue weighted by atomic mass is 35.5. The Bertz CT molecular complexity index is 343. The van der Waals surface area contributed by atoms with Gasteiger partial charge >= 0.3 is 0 Å². The lowest BCUT2D eigenvalue weighted by Gasteiger charge is -2.34. The molecule has 6 heteroatoms. The number of nitrogens with two attached hydrogens (primary N) is 1. The zero-order valence-corrected chi connectivity index (χ0v) is 12.3. The maximum Gasteiger partial charge on any atom is 0.128 e. The molecule has 1 fully saturated rings. The van der Waals surface area contributed by atoms with E-state index in [4.69, 9.17) is 5.73 Å². The molecule has 104 valence electrons. The van der Waals surface area contributed by atoms with E-state index in [1.165, 1.54) is 5.56 Å². The second-order valence-corrected chi connectivity index (χ2v) is 4.19. The van der Waals surface area contributed by atoms with Crippen LogP contribution in [-0.4, -0.2) is 36.1 Å². The number of nitrogen functional groups attached to an aromatic ring is 1. The molecule has 18 heavy (non-hydrogen) atoms. The number of nitrogens with zero attached hydrogens (tertiary/aromatic N) is 2. The summed E-state index contributed by atoms with van der Waals surface area (Å²) in [6.07, 6.45) is 2.83. The van der Waals surface area contributed by atoms with E-state index in [1.807, 2.05) is 6.07 Å². The fourth-order valence-corrected chi connectivity index (χ4v) is 2.38. The third-order valence-electron chi connectivity index (χ3n) is 3.21. The minimum atomic E-state index is 0. The summed E-state index contributed by atoms with van der Waals surface area (Å²) in [7, 11) is 0. The van der Waals surface area contributed by atoms with Crippen LogP contribution >= 0.6 is 24.8 Å². The molecule has 1 aliphatic rings. The second-order valence-electron chi connectivity index (χ2n) is 4.19. The van der Waals surface area contributed by atoms with Crippen LogP contribution in [0.15, 0.2) is 18.3 Å². The Hall–Kier alpha value is -0.550. The smallest absolute Gasteiger partial charge is 0.128 e. The topological polar surface area (TPSA) is 54.2 Å². The molecule has 0 amide bonds. The maximum atomic E-state index is 5.95. The van der Waals surface area contributed by atoms with Gasteiger partial charge in [0.1, 0.15) is 5.82 Å². The van der Waals surface area contributed by atoms with Crippen molar-refractivity contribution in [3.63, 3.8) is 0 Å². The number of pyridine rings is 1. The molecule has 0 saturated carbocycles.